The van der Waals surface area contributed by atoms with Gasteiger partial charge in [0.25, 0.3) is 0 Å². The van der Waals surface area contributed by atoms with Crippen molar-refractivity contribution in [2.45, 2.75) is 44.2 Å². The van der Waals surface area contributed by atoms with E-state index in [1.54, 1.807) is 13.8 Å². The maximum absolute atomic E-state index is 9.51. The molecule has 2 saturated heterocycles. The Morgan fingerprint density at radius 3 is 2.46 bits per heavy atom. The summed E-state index contributed by atoms with van der Waals surface area (Å²) in [6, 6.07) is 0. The molecule has 0 radical (unpaired) electrons. The first-order chi connectivity index (χ1) is 5.49. The predicted octanol–water partition coefficient (Wildman–Crippen LogP) is -2.94. The molecule has 0 aromatic carbocycles. The summed E-state index contributed by atoms with van der Waals surface area (Å²) in [6.07, 6.45) is -1.98. The monoisotopic (exact) mass is 196 g/mol. The van der Waals surface area contributed by atoms with E-state index < -0.39 is 24.3 Å². The number of hydrogen-bond donors (Lipinski definition) is 1. The van der Waals surface area contributed by atoms with Gasteiger partial charge in [0, 0.05) is 0 Å². The normalized spacial score (nSPS) is 47.1. The van der Waals surface area contributed by atoms with Crippen LogP contribution < -0.4 is 29.6 Å². The van der Waals surface area contributed by atoms with Crippen LogP contribution in [0, 0.1) is 6.92 Å². The Kier molecular flexibility index (Phi) is 3.46. The summed E-state index contributed by atoms with van der Waals surface area (Å²) in [5, 5.41) is 9.51. The van der Waals surface area contributed by atoms with Crippen molar-refractivity contribution in [3.63, 3.8) is 0 Å². The minimum Gasteiger partial charge on any atom is -0.390 e. The van der Waals surface area contributed by atoms with Crippen molar-refractivity contribution < 1.29 is 48.9 Å². The number of aliphatic hydroxyl groups excluding tert-OH is 1. The molecule has 0 aromatic heterocycles. The Balaban J connectivity index is 0.000000845. The van der Waals surface area contributed by atoms with Gasteiger partial charge in [0.15, 0.2) is 12.1 Å². The van der Waals surface area contributed by atoms with Crippen molar-refractivity contribution in [2.75, 3.05) is 0 Å². The topological polar surface area (TPSA) is 47.9 Å². The van der Waals surface area contributed by atoms with E-state index >= 15 is 0 Å². The average Bonchev–Trinajstić information content (AvgIpc) is 2.33. The van der Waals surface area contributed by atoms with Gasteiger partial charge < -0.3 is 26.2 Å². The van der Waals surface area contributed by atoms with Gasteiger partial charge in [-0.15, -0.1) is 0 Å². The Bertz CT molecular complexity index is 197. The first kappa shape index (κ1) is 11.9. The molecule has 4 atom stereocenters. The summed E-state index contributed by atoms with van der Waals surface area (Å²) in [5.41, 5.74) is 0. The Hall–Kier alpha value is 0.840. The first-order valence-corrected chi connectivity index (χ1v) is 4.02. The van der Waals surface area contributed by atoms with Crippen LogP contribution in [0.4, 0.5) is 0 Å². The van der Waals surface area contributed by atoms with Crippen molar-refractivity contribution >= 4 is 0 Å². The number of fused-ring (bicyclic) bond motifs is 1. The molecule has 4 unspecified atom stereocenters. The average molecular weight is 196 g/mol. The number of hydrogen-bond acceptors (Lipinski definition) is 4. The van der Waals surface area contributed by atoms with Crippen molar-refractivity contribution in [3.05, 3.63) is 6.92 Å². The predicted molar refractivity (Wildman–Crippen MR) is 40.1 cm³/mol. The van der Waals surface area contributed by atoms with Crippen molar-refractivity contribution in [1.82, 2.24) is 0 Å². The fourth-order valence-corrected chi connectivity index (χ4v) is 1.56. The molecule has 2 heterocycles. The first-order valence-electron chi connectivity index (χ1n) is 4.02. The molecule has 4 nitrogen and oxygen atoms in total. The molecule has 0 amide bonds. The van der Waals surface area contributed by atoms with Gasteiger partial charge in [0.1, 0.15) is 6.10 Å². The molecular weight excluding hydrogens is 183 g/mol. The summed E-state index contributed by atoms with van der Waals surface area (Å²) in [7, 11) is 0. The summed E-state index contributed by atoms with van der Waals surface area (Å²) in [6.45, 7) is 7.20. The molecule has 13 heavy (non-hydrogen) atoms. The molecule has 2 aliphatic heterocycles. The zero-order chi connectivity index (χ0) is 8.93. The molecule has 0 bridgehead atoms. The maximum Gasteiger partial charge on any atom is 1.00 e. The molecule has 0 aliphatic carbocycles. The van der Waals surface area contributed by atoms with Crippen LogP contribution in [0.1, 0.15) is 13.8 Å². The van der Waals surface area contributed by atoms with Gasteiger partial charge in [-0.05, 0) is 20.0 Å². The van der Waals surface area contributed by atoms with Gasteiger partial charge >= 0.3 is 29.6 Å². The third kappa shape index (κ3) is 2.09. The van der Waals surface area contributed by atoms with Crippen molar-refractivity contribution in [2.24, 2.45) is 0 Å². The van der Waals surface area contributed by atoms with Crippen LogP contribution in [0.25, 0.3) is 0 Å². The number of ether oxygens (including phenoxy) is 3. The minimum atomic E-state index is -0.684. The second kappa shape index (κ2) is 3.77. The van der Waals surface area contributed by atoms with E-state index in [0.717, 1.165) is 0 Å². The van der Waals surface area contributed by atoms with Gasteiger partial charge in [-0.3, -0.25) is 0 Å². The quantitative estimate of drug-likeness (QED) is 0.333. The van der Waals surface area contributed by atoms with Gasteiger partial charge in [-0.2, -0.15) is 0 Å². The zero-order valence-electron chi connectivity index (χ0n) is 8.19. The molecule has 0 aromatic rings. The molecule has 2 rings (SSSR count). The van der Waals surface area contributed by atoms with E-state index in [-0.39, 0.29) is 35.7 Å². The van der Waals surface area contributed by atoms with Crippen LogP contribution in [0.2, 0.25) is 0 Å². The van der Waals surface area contributed by atoms with Gasteiger partial charge in [0.2, 0.25) is 0 Å². The molecule has 2 fully saturated rings. The van der Waals surface area contributed by atoms with E-state index in [4.69, 9.17) is 14.2 Å². The van der Waals surface area contributed by atoms with Crippen LogP contribution in [0.15, 0.2) is 0 Å². The summed E-state index contributed by atoms with van der Waals surface area (Å²) in [4.78, 5) is 0. The minimum absolute atomic E-state index is 0. The van der Waals surface area contributed by atoms with Crippen LogP contribution in [0.5, 0.6) is 0 Å². The molecule has 0 spiro atoms. The Labute approximate surface area is 99.8 Å². The van der Waals surface area contributed by atoms with E-state index in [1.807, 2.05) is 0 Å². The number of rotatable bonds is 0. The van der Waals surface area contributed by atoms with Gasteiger partial charge in [-0.1, -0.05) is 0 Å². The van der Waals surface area contributed by atoms with Crippen molar-refractivity contribution in [1.29, 1.82) is 0 Å². The third-order valence-electron chi connectivity index (χ3n) is 2.11. The fourth-order valence-electron chi connectivity index (χ4n) is 1.56. The third-order valence-corrected chi connectivity index (χ3v) is 2.11. The standard InChI is InChI=1S/C8H13O4.Na/c1-4-5(9)6-7(10-4)12-8(2,3)11-6;/h4-7,9H,1H2,2-3H3;/q-1;+1. The van der Waals surface area contributed by atoms with Crippen LogP contribution in [0.3, 0.4) is 0 Å². The number of aliphatic hydroxyl groups is 1. The van der Waals surface area contributed by atoms with E-state index in [1.165, 1.54) is 0 Å². The van der Waals surface area contributed by atoms with Gasteiger partial charge in [0.05, 0.1) is 6.10 Å². The summed E-state index contributed by atoms with van der Waals surface area (Å²) in [5.74, 6) is -0.656. The summed E-state index contributed by atoms with van der Waals surface area (Å²) < 4.78 is 16.0. The Morgan fingerprint density at radius 2 is 1.92 bits per heavy atom. The maximum atomic E-state index is 9.51. The molecule has 2 aliphatic rings. The van der Waals surface area contributed by atoms with Crippen molar-refractivity contribution in [3.8, 4) is 0 Å². The second-order valence-electron chi connectivity index (χ2n) is 3.63. The van der Waals surface area contributed by atoms with Gasteiger partial charge in [-0.25, -0.2) is 0 Å². The van der Waals surface area contributed by atoms with Crippen LogP contribution >= 0.6 is 0 Å². The van der Waals surface area contributed by atoms with Crippen LogP contribution in [-0.2, 0) is 14.2 Å². The SMILES string of the molecule is [CH2-]C1OC2OC(C)(C)OC2C1O.[Na+]. The Morgan fingerprint density at radius 1 is 1.31 bits per heavy atom. The summed E-state index contributed by atoms with van der Waals surface area (Å²) >= 11 is 0. The molecule has 1 N–H and O–H groups in total. The second-order valence-corrected chi connectivity index (χ2v) is 3.63. The molecule has 0 saturated carbocycles. The van der Waals surface area contributed by atoms with E-state index in [2.05, 4.69) is 6.92 Å². The molecule has 5 heteroatoms. The molecular formula is C8H13NaO4. The largest absolute Gasteiger partial charge is 1.00 e. The smallest absolute Gasteiger partial charge is 0.390 e. The van der Waals surface area contributed by atoms with E-state index in [0.29, 0.717) is 0 Å². The zero-order valence-corrected chi connectivity index (χ0v) is 10.2. The van der Waals surface area contributed by atoms with Crippen LogP contribution in [-0.4, -0.2) is 35.5 Å². The molecule has 70 valence electrons. The fraction of sp³-hybridized carbons (Fsp3) is 0.875. The van der Waals surface area contributed by atoms with E-state index in [9.17, 15) is 5.11 Å².